The van der Waals surface area contributed by atoms with E-state index >= 15 is 0 Å². The van der Waals surface area contributed by atoms with Crippen LogP contribution in [0, 0.1) is 0 Å². The molecule has 136 valence electrons. The predicted molar refractivity (Wildman–Crippen MR) is 93.9 cm³/mol. The van der Waals surface area contributed by atoms with Crippen molar-refractivity contribution in [3.8, 4) is 5.75 Å². The molecule has 1 heterocycles. The molecule has 0 amide bonds. The quantitative estimate of drug-likeness (QED) is 0.734. The van der Waals surface area contributed by atoms with Crippen molar-refractivity contribution in [3.63, 3.8) is 0 Å². The maximum Gasteiger partial charge on any atom is 0.263 e. The number of benzene rings is 1. The lowest BCUT2D eigenvalue weighted by molar-refractivity contribution is 0.400. The topological polar surface area (TPSA) is 106 Å². The molecule has 2 rings (SSSR count). The fourth-order valence-corrected chi connectivity index (χ4v) is 4.05. The average molecular weight is 406 g/mol. The van der Waals surface area contributed by atoms with Gasteiger partial charge >= 0.3 is 0 Å². The number of anilines is 1. The summed E-state index contributed by atoms with van der Waals surface area (Å²) >= 11 is 5.64. The number of halogens is 1. The van der Waals surface area contributed by atoms with Crippen molar-refractivity contribution < 1.29 is 21.6 Å². The molecule has 0 aliphatic heterocycles. The summed E-state index contributed by atoms with van der Waals surface area (Å²) in [5, 5.41) is 0.155. The van der Waals surface area contributed by atoms with Gasteiger partial charge in [-0.15, -0.1) is 0 Å². The van der Waals surface area contributed by atoms with Gasteiger partial charge in [0.05, 0.1) is 12.8 Å². The van der Waals surface area contributed by atoms with Gasteiger partial charge in [0.25, 0.3) is 10.0 Å². The Kier molecular flexibility index (Phi) is 5.57. The first-order valence-electron chi connectivity index (χ1n) is 6.83. The molecule has 11 heteroatoms. The van der Waals surface area contributed by atoms with E-state index in [2.05, 4.69) is 9.71 Å². The Labute approximate surface area is 151 Å². The first-order chi connectivity index (χ1) is 11.6. The molecule has 0 unspecified atom stereocenters. The van der Waals surface area contributed by atoms with Crippen LogP contribution in [-0.2, 0) is 20.0 Å². The van der Waals surface area contributed by atoms with E-state index in [-0.39, 0.29) is 26.4 Å². The second kappa shape index (κ2) is 7.16. The van der Waals surface area contributed by atoms with Crippen LogP contribution in [0.15, 0.2) is 46.3 Å². The Morgan fingerprint density at radius 1 is 1.12 bits per heavy atom. The highest BCUT2D eigenvalue weighted by atomic mass is 35.5. The normalized spacial score (nSPS) is 12.2. The zero-order valence-corrected chi connectivity index (χ0v) is 16.0. The average Bonchev–Trinajstić information content (AvgIpc) is 2.54. The minimum Gasteiger partial charge on any atom is -0.495 e. The lowest BCUT2D eigenvalue weighted by Gasteiger charge is -2.16. The Morgan fingerprint density at radius 3 is 2.32 bits per heavy atom. The second-order valence-electron chi connectivity index (χ2n) is 5.08. The van der Waals surface area contributed by atoms with Crippen molar-refractivity contribution in [2.45, 2.75) is 9.79 Å². The number of methoxy groups -OCH3 is 1. The summed E-state index contributed by atoms with van der Waals surface area (Å²) in [6, 6.07) is 6.59. The maximum atomic E-state index is 12.4. The van der Waals surface area contributed by atoms with Crippen LogP contribution in [0.4, 0.5) is 5.69 Å². The molecule has 0 saturated heterocycles. The van der Waals surface area contributed by atoms with E-state index in [9.17, 15) is 16.8 Å². The van der Waals surface area contributed by atoms with Crippen LogP contribution in [0.2, 0.25) is 5.15 Å². The van der Waals surface area contributed by atoms with Gasteiger partial charge in [-0.25, -0.2) is 26.1 Å². The molecular weight excluding hydrogens is 390 g/mol. The lowest BCUT2D eigenvalue weighted by Crippen LogP contribution is -2.23. The van der Waals surface area contributed by atoms with Crippen LogP contribution in [0.25, 0.3) is 0 Å². The smallest absolute Gasteiger partial charge is 0.263 e. The zero-order valence-electron chi connectivity index (χ0n) is 13.6. The van der Waals surface area contributed by atoms with Crippen molar-refractivity contribution in [3.05, 3.63) is 41.7 Å². The van der Waals surface area contributed by atoms with Crippen molar-refractivity contribution in [1.29, 1.82) is 0 Å². The molecule has 0 bridgehead atoms. The minimum absolute atomic E-state index is 0.0659. The summed E-state index contributed by atoms with van der Waals surface area (Å²) in [5.41, 5.74) is 0.0659. The Morgan fingerprint density at radius 2 is 1.80 bits per heavy atom. The van der Waals surface area contributed by atoms with Gasteiger partial charge in [-0.1, -0.05) is 11.6 Å². The van der Waals surface area contributed by atoms with Crippen LogP contribution in [-0.4, -0.2) is 47.3 Å². The van der Waals surface area contributed by atoms with E-state index in [0.29, 0.717) is 0 Å². The molecule has 0 aliphatic carbocycles. The third-order valence-corrected chi connectivity index (χ3v) is 6.61. The maximum absolute atomic E-state index is 12.4. The second-order valence-corrected chi connectivity index (χ2v) is 9.27. The number of pyridine rings is 1. The molecule has 0 atom stereocenters. The van der Waals surface area contributed by atoms with Crippen molar-refractivity contribution in [2.75, 3.05) is 25.9 Å². The van der Waals surface area contributed by atoms with E-state index in [1.54, 1.807) is 0 Å². The van der Waals surface area contributed by atoms with Crippen LogP contribution in [0.1, 0.15) is 0 Å². The molecule has 8 nitrogen and oxygen atoms in total. The van der Waals surface area contributed by atoms with Crippen LogP contribution in [0.3, 0.4) is 0 Å². The van der Waals surface area contributed by atoms with Gasteiger partial charge < -0.3 is 4.74 Å². The summed E-state index contributed by atoms with van der Waals surface area (Å²) in [4.78, 5) is 3.45. The predicted octanol–water partition coefficient (Wildman–Crippen LogP) is 1.79. The van der Waals surface area contributed by atoms with E-state index in [0.717, 1.165) is 10.5 Å². The van der Waals surface area contributed by atoms with Gasteiger partial charge in [0.1, 0.15) is 20.7 Å². The van der Waals surface area contributed by atoms with E-state index in [1.165, 1.54) is 51.5 Å². The molecule has 1 N–H and O–H groups in total. The van der Waals surface area contributed by atoms with Crippen molar-refractivity contribution in [1.82, 2.24) is 9.29 Å². The SMILES string of the molecule is COc1ccc(NS(=O)(=O)c2ccc(Cl)nc2)cc1S(=O)(=O)N(C)C. The Hall–Kier alpha value is -1.88. The molecule has 0 fully saturated rings. The monoisotopic (exact) mass is 405 g/mol. The number of hydrogen-bond acceptors (Lipinski definition) is 6. The number of ether oxygens (including phenoxy) is 1. The Balaban J connectivity index is 2.46. The highest BCUT2D eigenvalue weighted by Crippen LogP contribution is 2.29. The van der Waals surface area contributed by atoms with Crippen LogP contribution >= 0.6 is 11.6 Å². The Bertz CT molecular complexity index is 974. The summed E-state index contributed by atoms with van der Waals surface area (Å²) in [6.45, 7) is 0. The molecule has 25 heavy (non-hydrogen) atoms. The van der Waals surface area contributed by atoms with E-state index in [1.807, 2.05) is 0 Å². The standard InChI is InChI=1S/C14H16ClN3O5S2/c1-18(2)25(21,22)13-8-10(4-6-12(13)23-3)17-24(19,20)11-5-7-14(15)16-9-11/h4-9,17H,1-3H3. The first kappa shape index (κ1) is 19.4. The molecule has 1 aromatic heterocycles. The summed E-state index contributed by atoms with van der Waals surface area (Å²) < 4.78 is 57.9. The molecule has 0 aliphatic rings. The largest absolute Gasteiger partial charge is 0.495 e. The molecule has 1 aromatic carbocycles. The fourth-order valence-electron chi connectivity index (χ4n) is 1.87. The number of hydrogen-bond donors (Lipinski definition) is 1. The number of rotatable bonds is 6. The molecular formula is C14H16ClN3O5S2. The van der Waals surface area contributed by atoms with Gasteiger partial charge in [-0.05, 0) is 30.3 Å². The number of nitrogens with one attached hydrogen (secondary N) is 1. The van der Waals surface area contributed by atoms with Gasteiger partial charge in [-0.2, -0.15) is 0 Å². The summed E-state index contributed by atoms with van der Waals surface area (Å²) in [7, 11) is -3.72. The number of sulfonamides is 2. The molecule has 0 spiro atoms. The van der Waals surface area contributed by atoms with Crippen LogP contribution < -0.4 is 9.46 Å². The van der Waals surface area contributed by atoms with Gasteiger partial charge in [0.2, 0.25) is 10.0 Å². The number of aromatic nitrogens is 1. The molecule has 0 radical (unpaired) electrons. The fraction of sp³-hybridized carbons (Fsp3) is 0.214. The van der Waals surface area contributed by atoms with Crippen molar-refractivity contribution in [2.24, 2.45) is 0 Å². The van der Waals surface area contributed by atoms with Gasteiger partial charge in [-0.3, -0.25) is 4.72 Å². The lowest BCUT2D eigenvalue weighted by atomic mass is 10.3. The summed E-state index contributed by atoms with van der Waals surface area (Å²) in [5.74, 6) is 0.102. The highest BCUT2D eigenvalue weighted by molar-refractivity contribution is 7.92. The third-order valence-electron chi connectivity index (χ3n) is 3.19. The highest BCUT2D eigenvalue weighted by Gasteiger charge is 2.24. The van der Waals surface area contributed by atoms with Crippen LogP contribution in [0.5, 0.6) is 5.75 Å². The van der Waals surface area contributed by atoms with Gasteiger partial charge in [0, 0.05) is 20.3 Å². The molecule has 0 saturated carbocycles. The molecule has 2 aromatic rings. The number of nitrogens with zero attached hydrogens (tertiary/aromatic N) is 2. The van der Waals surface area contributed by atoms with E-state index < -0.39 is 20.0 Å². The van der Waals surface area contributed by atoms with Gasteiger partial charge in [0.15, 0.2) is 0 Å². The third kappa shape index (κ3) is 4.21. The van der Waals surface area contributed by atoms with Crippen molar-refractivity contribution >= 4 is 37.3 Å². The first-order valence-corrected chi connectivity index (χ1v) is 10.1. The summed E-state index contributed by atoms with van der Waals surface area (Å²) in [6.07, 6.45) is 1.10. The zero-order chi connectivity index (χ0) is 18.8. The minimum atomic E-state index is -3.95. The van der Waals surface area contributed by atoms with E-state index in [4.69, 9.17) is 16.3 Å².